The molecule has 4 aliphatic rings. The Morgan fingerprint density at radius 2 is 1.63 bits per heavy atom. The lowest BCUT2D eigenvalue weighted by Gasteiger charge is -2.61. The maximum Gasteiger partial charge on any atom is 0.311 e. The summed E-state index contributed by atoms with van der Waals surface area (Å²) in [7, 11) is 0. The highest BCUT2D eigenvalue weighted by Gasteiger charge is 2.60. The Labute approximate surface area is 232 Å². The van der Waals surface area contributed by atoms with E-state index in [1.54, 1.807) is 0 Å². The molecule has 4 aliphatic carbocycles. The molecule has 4 rings (SSSR count). The van der Waals surface area contributed by atoms with Gasteiger partial charge >= 0.3 is 11.9 Å². The molecule has 0 spiro atoms. The van der Waals surface area contributed by atoms with Gasteiger partial charge < -0.3 is 14.6 Å². The molecule has 0 saturated heterocycles. The van der Waals surface area contributed by atoms with Crippen LogP contribution in [0, 0.1) is 51.8 Å². The molecular weight excluding hydrogens is 476 g/mol. The number of hydrogen-bond acceptors (Lipinski definition) is 5. The monoisotopic (exact) mass is 532 g/mol. The second-order valence-corrected chi connectivity index (χ2v) is 14.8. The molecule has 0 radical (unpaired) electrons. The van der Waals surface area contributed by atoms with E-state index in [2.05, 4.69) is 20.8 Å². The van der Waals surface area contributed by atoms with E-state index in [1.165, 1.54) is 44.9 Å². The molecule has 1 N–H and O–H groups in total. The summed E-state index contributed by atoms with van der Waals surface area (Å²) in [5, 5.41) is 10.3. The number of carbonyl (C=O) groups is 2. The van der Waals surface area contributed by atoms with Gasteiger partial charge in [-0.3, -0.25) is 9.59 Å². The summed E-state index contributed by atoms with van der Waals surface area (Å²) in [6.07, 6.45) is 14.4. The molecule has 9 atom stereocenters. The Bertz CT molecular complexity index is 837. The third-order valence-electron chi connectivity index (χ3n) is 12.5. The molecule has 5 heteroatoms. The summed E-state index contributed by atoms with van der Waals surface area (Å²) in [6.45, 7) is 13.6. The number of esters is 2. The van der Waals surface area contributed by atoms with Crippen LogP contribution in [0.3, 0.4) is 0 Å². The fourth-order valence-electron chi connectivity index (χ4n) is 9.68. The summed E-state index contributed by atoms with van der Waals surface area (Å²) in [5.41, 5.74) is 0.388. The van der Waals surface area contributed by atoms with Gasteiger partial charge in [-0.05, 0) is 137 Å². The van der Waals surface area contributed by atoms with Gasteiger partial charge in [-0.1, -0.05) is 27.7 Å². The first-order chi connectivity index (χ1) is 17.9. The smallest absolute Gasteiger partial charge is 0.311 e. The molecule has 0 aliphatic heterocycles. The van der Waals surface area contributed by atoms with Crippen LogP contribution in [0.4, 0.5) is 0 Å². The number of hydrogen-bond donors (Lipinski definition) is 1. The number of rotatable bonds is 10. The van der Waals surface area contributed by atoms with Crippen molar-refractivity contribution in [3.8, 4) is 0 Å². The molecular formula is C33H56O5. The Morgan fingerprint density at radius 1 is 0.947 bits per heavy atom. The van der Waals surface area contributed by atoms with Crippen molar-refractivity contribution in [1.82, 2.24) is 0 Å². The first-order valence-corrected chi connectivity index (χ1v) is 15.9. The normalized spacial score (nSPS) is 39.4. The number of fused-ring (bicyclic) bond motifs is 5. The lowest BCUT2D eigenvalue weighted by molar-refractivity contribution is -0.159. The van der Waals surface area contributed by atoms with Crippen molar-refractivity contribution in [3.05, 3.63) is 0 Å². The zero-order chi connectivity index (χ0) is 27.7. The van der Waals surface area contributed by atoms with Crippen molar-refractivity contribution >= 4 is 11.9 Å². The van der Waals surface area contributed by atoms with Crippen LogP contribution in [-0.4, -0.2) is 36.4 Å². The summed E-state index contributed by atoms with van der Waals surface area (Å²) in [5.74, 6) is 4.26. The fourth-order valence-corrected chi connectivity index (χ4v) is 9.68. The van der Waals surface area contributed by atoms with Gasteiger partial charge in [0, 0.05) is 6.42 Å². The first-order valence-electron chi connectivity index (χ1n) is 15.9. The van der Waals surface area contributed by atoms with Crippen molar-refractivity contribution in [2.75, 3.05) is 13.2 Å². The van der Waals surface area contributed by atoms with Crippen LogP contribution < -0.4 is 0 Å². The standard InChI is InChI=1S/C33H56O5/c1-7-31(3,4)30(36)38-20-19-37-29(35)10-8-9-22(2)26-13-14-27-25-12-11-23-21-24(34)15-17-32(23,5)28(25)16-18-33(26,27)6/h22-28,34H,7-21H2,1-6H3. The van der Waals surface area contributed by atoms with Gasteiger partial charge in [-0.25, -0.2) is 0 Å². The number of carbonyl (C=O) groups excluding carboxylic acids is 2. The molecule has 5 nitrogen and oxygen atoms in total. The van der Waals surface area contributed by atoms with E-state index in [9.17, 15) is 14.7 Å². The maximum atomic E-state index is 12.3. The predicted molar refractivity (Wildman–Crippen MR) is 150 cm³/mol. The van der Waals surface area contributed by atoms with Gasteiger partial charge in [0.1, 0.15) is 13.2 Å². The van der Waals surface area contributed by atoms with Crippen LogP contribution >= 0.6 is 0 Å². The lowest BCUT2D eigenvalue weighted by atomic mass is 9.44. The van der Waals surface area contributed by atoms with Crippen LogP contribution in [0.2, 0.25) is 0 Å². The third kappa shape index (κ3) is 5.84. The van der Waals surface area contributed by atoms with E-state index in [-0.39, 0.29) is 31.3 Å². The summed E-state index contributed by atoms with van der Waals surface area (Å²) >= 11 is 0. The van der Waals surface area contributed by atoms with Gasteiger partial charge in [0.2, 0.25) is 0 Å². The van der Waals surface area contributed by atoms with Crippen molar-refractivity contribution in [2.24, 2.45) is 51.8 Å². The van der Waals surface area contributed by atoms with E-state index < -0.39 is 5.41 Å². The second-order valence-electron chi connectivity index (χ2n) is 14.8. The highest BCUT2D eigenvalue weighted by atomic mass is 16.6. The van der Waals surface area contributed by atoms with Crippen LogP contribution in [0.1, 0.15) is 125 Å². The highest BCUT2D eigenvalue weighted by molar-refractivity contribution is 5.75. The van der Waals surface area contributed by atoms with Crippen LogP contribution in [-0.2, 0) is 19.1 Å². The second kappa shape index (κ2) is 11.8. The van der Waals surface area contributed by atoms with Crippen LogP contribution in [0.25, 0.3) is 0 Å². The minimum atomic E-state index is -0.494. The molecule has 218 valence electrons. The largest absolute Gasteiger partial charge is 0.462 e. The van der Waals surface area contributed by atoms with Gasteiger partial charge in [0.05, 0.1) is 11.5 Å². The zero-order valence-corrected chi connectivity index (χ0v) is 25.2. The molecule has 9 unspecified atom stereocenters. The average Bonchev–Trinajstić information content (AvgIpc) is 3.24. The lowest BCUT2D eigenvalue weighted by Crippen LogP contribution is -2.54. The molecule has 0 aromatic rings. The van der Waals surface area contributed by atoms with Crippen LogP contribution in [0.5, 0.6) is 0 Å². The molecule has 0 amide bonds. The topological polar surface area (TPSA) is 72.8 Å². The van der Waals surface area contributed by atoms with E-state index >= 15 is 0 Å². The number of ether oxygens (including phenoxy) is 2. The zero-order valence-electron chi connectivity index (χ0n) is 25.2. The molecule has 4 saturated carbocycles. The van der Waals surface area contributed by atoms with Crippen LogP contribution in [0.15, 0.2) is 0 Å². The molecule has 0 bridgehead atoms. The van der Waals surface area contributed by atoms with Crippen molar-refractivity contribution in [1.29, 1.82) is 0 Å². The Balaban J connectivity index is 1.22. The molecule has 0 aromatic heterocycles. The van der Waals surface area contributed by atoms with Gasteiger partial charge in [0.15, 0.2) is 0 Å². The van der Waals surface area contributed by atoms with Gasteiger partial charge in [-0.2, -0.15) is 0 Å². The fraction of sp³-hybridized carbons (Fsp3) is 0.939. The summed E-state index contributed by atoms with van der Waals surface area (Å²) < 4.78 is 10.6. The minimum Gasteiger partial charge on any atom is -0.462 e. The summed E-state index contributed by atoms with van der Waals surface area (Å²) in [6, 6.07) is 0. The predicted octanol–water partition coefficient (Wildman–Crippen LogP) is 7.34. The van der Waals surface area contributed by atoms with E-state index in [1.807, 2.05) is 20.8 Å². The number of aliphatic hydroxyl groups is 1. The average molecular weight is 533 g/mol. The Kier molecular flexibility index (Phi) is 9.27. The van der Waals surface area contributed by atoms with Gasteiger partial charge in [-0.15, -0.1) is 0 Å². The third-order valence-corrected chi connectivity index (χ3v) is 12.5. The van der Waals surface area contributed by atoms with Crippen molar-refractivity contribution < 1.29 is 24.2 Å². The first kappa shape index (κ1) is 29.9. The minimum absolute atomic E-state index is 0.0665. The highest BCUT2D eigenvalue weighted by Crippen LogP contribution is 2.68. The summed E-state index contributed by atoms with van der Waals surface area (Å²) in [4.78, 5) is 24.3. The SMILES string of the molecule is CCC(C)(C)C(=O)OCCOC(=O)CCCC(C)C1CCC2C3CCC4CC(O)CCC4(C)C3CCC12C. The molecule has 0 aromatic carbocycles. The maximum absolute atomic E-state index is 12.3. The number of aliphatic hydroxyl groups excluding tert-OH is 1. The van der Waals surface area contributed by atoms with Gasteiger partial charge in [0.25, 0.3) is 0 Å². The Hall–Kier alpha value is -1.10. The van der Waals surface area contributed by atoms with Crippen molar-refractivity contribution in [3.63, 3.8) is 0 Å². The van der Waals surface area contributed by atoms with E-state index in [0.29, 0.717) is 23.2 Å². The quantitative estimate of drug-likeness (QED) is 0.235. The molecule has 38 heavy (non-hydrogen) atoms. The Morgan fingerprint density at radius 3 is 2.37 bits per heavy atom. The molecule has 4 fully saturated rings. The van der Waals surface area contributed by atoms with Crippen molar-refractivity contribution in [2.45, 2.75) is 131 Å². The molecule has 0 heterocycles. The van der Waals surface area contributed by atoms with E-state index in [0.717, 1.165) is 61.7 Å². The van der Waals surface area contributed by atoms with E-state index in [4.69, 9.17) is 9.47 Å².